The Morgan fingerprint density at radius 3 is 2.92 bits per heavy atom. The maximum Gasteiger partial charge on any atom is 0.241 e. The van der Waals surface area contributed by atoms with Gasteiger partial charge in [-0.1, -0.05) is 0 Å². The van der Waals surface area contributed by atoms with Crippen LogP contribution in [0.25, 0.3) is 0 Å². The fourth-order valence-corrected chi connectivity index (χ4v) is 3.34. The molecule has 8 nitrogen and oxygen atoms in total. The number of hydrogen-bond donors (Lipinski definition) is 2. The Bertz CT molecular complexity index is 740. The number of aryl methyl sites for hydroxylation is 1. The van der Waals surface area contributed by atoms with Gasteiger partial charge in [0.1, 0.15) is 6.54 Å². The molecule has 3 heterocycles. The van der Waals surface area contributed by atoms with Gasteiger partial charge in [-0.05, 0) is 31.9 Å². The van der Waals surface area contributed by atoms with Crippen molar-refractivity contribution < 1.29 is 14.0 Å². The van der Waals surface area contributed by atoms with E-state index in [1.54, 1.807) is 23.4 Å². The summed E-state index contributed by atoms with van der Waals surface area (Å²) in [5.41, 5.74) is 2.03. The second-order valence-corrected chi connectivity index (χ2v) is 6.69. The van der Waals surface area contributed by atoms with Crippen molar-refractivity contribution in [2.24, 2.45) is 0 Å². The van der Waals surface area contributed by atoms with Gasteiger partial charge in [-0.25, -0.2) is 0 Å². The average molecular weight is 359 g/mol. The van der Waals surface area contributed by atoms with Crippen LogP contribution in [0.15, 0.2) is 35.4 Å². The minimum atomic E-state index is -0.262. The summed E-state index contributed by atoms with van der Waals surface area (Å²) in [5.74, 6) is -0.103. The molecule has 0 spiro atoms. The largest absolute Gasteiger partial charge is 0.472 e. The lowest BCUT2D eigenvalue weighted by Gasteiger charge is -2.22. The number of carbonyl (C=O) groups excluding carboxylic acids is 2. The first-order valence-corrected chi connectivity index (χ1v) is 8.86. The summed E-state index contributed by atoms with van der Waals surface area (Å²) < 4.78 is 6.74. The Kier molecular flexibility index (Phi) is 5.72. The van der Waals surface area contributed by atoms with Crippen molar-refractivity contribution in [2.45, 2.75) is 45.4 Å². The van der Waals surface area contributed by atoms with E-state index < -0.39 is 0 Å². The molecule has 1 fully saturated rings. The highest BCUT2D eigenvalue weighted by atomic mass is 16.3. The molecule has 0 aromatic carbocycles. The van der Waals surface area contributed by atoms with Gasteiger partial charge >= 0.3 is 0 Å². The molecule has 2 aromatic rings. The van der Waals surface area contributed by atoms with Crippen LogP contribution >= 0.6 is 0 Å². The van der Waals surface area contributed by atoms with Gasteiger partial charge < -0.3 is 15.1 Å². The number of rotatable bonds is 7. The summed E-state index contributed by atoms with van der Waals surface area (Å²) in [7, 11) is 0. The lowest BCUT2D eigenvalue weighted by Crippen LogP contribution is -2.42. The third kappa shape index (κ3) is 4.51. The van der Waals surface area contributed by atoms with Crippen molar-refractivity contribution in [1.82, 2.24) is 25.3 Å². The quantitative estimate of drug-likeness (QED) is 0.758. The molecule has 2 amide bonds. The molecule has 2 aromatic heterocycles. The van der Waals surface area contributed by atoms with Crippen LogP contribution in [0.2, 0.25) is 0 Å². The highest BCUT2D eigenvalue weighted by molar-refractivity contribution is 5.82. The Morgan fingerprint density at radius 1 is 1.42 bits per heavy atom. The monoisotopic (exact) mass is 359 g/mol. The van der Waals surface area contributed by atoms with E-state index in [9.17, 15) is 9.59 Å². The predicted molar refractivity (Wildman–Crippen MR) is 95.1 cm³/mol. The fraction of sp³-hybridized carbons (Fsp3) is 0.500. The normalized spacial score (nSPS) is 20.2. The molecule has 2 N–H and O–H groups in total. The number of furan rings is 1. The maximum absolute atomic E-state index is 12.4. The first-order chi connectivity index (χ1) is 12.5. The van der Waals surface area contributed by atoms with Gasteiger partial charge in [-0.3, -0.25) is 19.2 Å². The number of aromatic nitrogens is 2. The van der Waals surface area contributed by atoms with E-state index in [4.69, 9.17) is 4.42 Å². The van der Waals surface area contributed by atoms with Gasteiger partial charge in [-0.15, -0.1) is 0 Å². The molecular formula is C18H25N5O3. The Labute approximate surface area is 152 Å². The first-order valence-electron chi connectivity index (χ1n) is 8.86. The lowest BCUT2D eigenvalue weighted by molar-refractivity contribution is -0.126. The molecule has 1 saturated heterocycles. The zero-order valence-corrected chi connectivity index (χ0v) is 15.1. The predicted octanol–water partition coefficient (Wildman–Crippen LogP) is 0.680. The molecule has 0 unspecified atom stereocenters. The lowest BCUT2D eigenvalue weighted by atomic mass is 10.1. The van der Waals surface area contributed by atoms with Gasteiger partial charge in [0.2, 0.25) is 11.8 Å². The van der Waals surface area contributed by atoms with E-state index in [0.717, 1.165) is 11.1 Å². The summed E-state index contributed by atoms with van der Waals surface area (Å²) in [6.45, 7) is 5.84. The number of likely N-dealkylation sites (tertiary alicyclic amines) is 1. The molecule has 26 heavy (non-hydrogen) atoms. The van der Waals surface area contributed by atoms with Crippen LogP contribution in [0.3, 0.4) is 0 Å². The van der Waals surface area contributed by atoms with Crippen LogP contribution < -0.4 is 10.6 Å². The van der Waals surface area contributed by atoms with Crippen LogP contribution in [0, 0.1) is 6.92 Å². The Hall–Kier alpha value is -2.61. The minimum absolute atomic E-state index is 0.00422. The third-order valence-corrected chi connectivity index (χ3v) is 4.46. The van der Waals surface area contributed by atoms with E-state index in [2.05, 4.69) is 20.6 Å². The van der Waals surface area contributed by atoms with E-state index in [-0.39, 0.29) is 30.4 Å². The molecule has 0 bridgehead atoms. The summed E-state index contributed by atoms with van der Waals surface area (Å²) >= 11 is 0. The van der Waals surface area contributed by atoms with E-state index in [1.165, 1.54) is 0 Å². The third-order valence-electron chi connectivity index (χ3n) is 4.46. The van der Waals surface area contributed by atoms with Crippen LogP contribution in [0.1, 0.15) is 24.5 Å². The second-order valence-electron chi connectivity index (χ2n) is 6.69. The average Bonchev–Trinajstić information content (AvgIpc) is 3.31. The van der Waals surface area contributed by atoms with Gasteiger partial charge in [-0.2, -0.15) is 5.10 Å². The summed E-state index contributed by atoms with van der Waals surface area (Å²) in [5, 5.41) is 10.0. The molecular weight excluding hydrogens is 334 g/mol. The topological polar surface area (TPSA) is 92.4 Å². The first kappa shape index (κ1) is 18.2. The van der Waals surface area contributed by atoms with Gasteiger partial charge in [0, 0.05) is 37.4 Å². The molecule has 0 saturated carbocycles. The summed E-state index contributed by atoms with van der Waals surface area (Å²) in [4.78, 5) is 26.8. The van der Waals surface area contributed by atoms with Gasteiger partial charge in [0.25, 0.3) is 0 Å². The van der Waals surface area contributed by atoms with Crippen molar-refractivity contribution in [3.8, 4) is 0 Å². The molecule has 3 rings (SSSR count). The molecule has 140 valence electrons. The molecule has 1 aliphatic heterocycles. The number of nitrogens with one attached hydrogen (secondary N) is 2. The molecule has 0 radical (unpaired) electrons. The number of amides is 2. The van der Waals surface area contributed by atoms with E-state index in [0.29, 0.717) is 26.1 Å². The van der Waals surface area contributed by atoms with Crippen molar-refractivity contribution >= 4 is 11.8 Å². The maximum atomic E-state index is 12.4. The Balaban J connectivity index is 1.61. The van der Waals surface area contributed by atoms with Crippen molar-refractivity contribution in [2.75, 3.05) is 13.1 Å². The fourth-order valence-electron chi connectivity index (χ4n) is 3.34. The van der Waals surface area contributed by atoms with Crippen LogP contribution in [-0.4, -0.2) is 51.7 Å². The van der Waals surface area contributed by atoms with E-state index in [1.807, 2.05) is 26.1 Å². The standard InChI is InChI=1S/C18H25N5O3/c1-3-19-18(25)16-6-15(10-22(16)9-14-4-5-26-12-14)21-17(24)11-23-8-13(2)7-20-23/h4-5,7-8,12,15-16H,3,6,9-11H2,1-2H3,(H,19,25)(H,21,24)/t15-,16+/m1/s1. The van der Waals surface area contributed by atoms with Crippen molar-refractivity contribution in [1.29, 1.82) is 0 Å². The highest BCUT2D eigenvalue weighted by Gasteiger charge is 2.37. The van der Waals surface area contributed by atoms with Gasteiger partial charge in [0.15, 0.2) is 0 Å². The van der Waals surface area contributed by atoms with Crippen LogP contribution in [0.5, 0.6) is 0 Å². The van der Waals surface area contributed by atoms with Crippen LogP contribution in [-0.2, 0) is 22.7 Å². The summed E-state index contributed by atoms with van der Waals surface area (Å²) in [6, 6.07) is 1.56. The Morgan fingerprint density at radius 2 is 2.27 bits per heavy atom. The van der Waals surface area contributed by atoms with Gasteiger partial charge in [0.05, 0.1) is 24.8 Å². The highest BCUT2D eigenvalue weighted by Crippen LogP contribution is 2.21. The smallest absolute Gasteiger partial charge is 0.241 e. The number of hydrogen-bond acceptors (Lipinski definition) is 5. The molecule has 2 atom stereocenters. The number of nitrogens with zero attached hydrogens (tertiary/aromatic N) is 3. The van der Waals surface area contributed by atoms with Crippen molar-refractivity contribution in [3.05, 3.63) is 42.1 Å². The zero-order chi connectivity index (χ0) is 18.5. The minimum Gasteiger partial charge on any atom is -0.472 e. The van der Waals surface area contributed by atoms with Crippen LogP contribution in [0.4, 0.5) is 0 Å². The summed E-state index contributed by atoms with van der Waals surface area (Å²) in [6.07, 6.45) is 7.45. The van der Waals surface area contributed by atoms with Crippen molar-refractivity contribution in [3.63, 3.8) is 0 Å². The SMILES string of the molecule is CCNC(=O)[C@@H]1C[C@@H](NC(=O)Cn2cc(C)cn2)CN1Cc1ccoc1. The zero-order valence-electron chi connectivity index (χ0n) is 15.1. The second kappa shape index (κ2) is 8.18. The molecule has 0 aliphatic carbocycles. The molecule has 1 aliphatic rings. The number of carbonyl (C=O) groups is 2. The van der Waals surface area contributed by atoms with E-state index >= 15 is 0 Å². The molecule has 8 heteroatoms. The number of likely N-dealkylation sites (N-methyl/N-ethyl adjacent to an activating group) is 1.